The lowest BCUT2D eigenvalue weighted by molar-refractivity contribution is -0.130. The molecule has 4 heteroatoms. The summed E-state index contributed by atoms with van der Waals surface area (Å²) in [5, 5.41) is 8.26. The molecular formula is C7H13NO2S. The Morgan fingerprint density at radius 2 is 2.18 bits per heavy atom. The number of amides is 1. The third kappa shape index (κ3) is 3.12. The van der Waals surface area contributed by atoms with Crippen molar-refractivity contribution in [1.29, 1.82) is 0 Å². The topological polar surface area (TPSA) is 49.3 Å². The summed E-state index contributed by atoms with van der Waals surface area (Å²) >= 11 is 1.94. The van der Waals surface area contributed by atoms with Crippen molar-refractivity contribution in [3.05, 3.63) is 0 Å². The average Bonchev–Trinajstić information content (AvgIpc) is 2.06. The van der Waals surface area contributed by atoms with Gasteiger partial charge in [0.25, 0.3) is 0 Å². The van der Waals surface area contributed by atoms with Crippen LogP contribution in [0.5, 0.6) is 0 Å². The summed E-state index contributed by atoms with van der Waals surface area (Å²) in [5.41, 5.74) is 1.67. The highest BCUT2D eigenvalue weighted by Gasteiger charge is 2.16. The minimum atomic E-state index is -0.248. The van der Waals surface area contributed by atoms with Crippen molar-refractivity contribution in [3.8, 4) is 0 Å². The molecule has 11 heavy (non-hydrogen) atoms. The Hall–Kier alpha value is -0.220. The maximum atomic E-state index is 10.7. The monoisotopic (exact) mass is 175 g/mol. The van der Waals surface area contributed by atoms with E-state index < -0.39 is 0 Å². The Labute approximate surface area is 70.5 Å². The first-order chi connectivity index (χ1) is 5.33. The molecule has 3 nitrogen and oxygen atoms in total. The molecule has 0 aromatic rings. The Morgan fingerprint density at radius 3 is 2.73 bits per heavy atom. The van der Waals surface area contributed by atoms with E-state index in [9.17, 15) is 4.79 Å². The van der Waals surface area contributed by atoms with Gasteiger partial charge < -0.3 is 0 Å². The molecule has 1 heterocycles. The highest BCUT2D eigenvalue weighted by atomic mass is 32.2. The molecule has 0 aromatic carbocycles. The predicted molar refractivity (Wildman–Crippen MR) is 44.6 cm³/mol. The van der Waals surface area contributed by atoms with Gasteiger partial charge in [-0.15, -0.1) is 0 Å². The number of carbonyl (C=O) groups excluding carboxylic acids is 1. The van der Waals surface area contributed by atoms with Gasteiger partial charge in [0, 0.05) is 6.42 Å². The van der Waals surface area contributed by atoms with Crippen LogP contribution in [0.25, 0.3) is 0 Å². The fourth-order valence-corrected chi connectivity index (χ4v) is 2.46. The maximum Gasteiger partial charge on any atom is 0.243 e. The lowest BCUT2D eigenvalue weighted by atomic mass is 9.99. The van der Waals surface area contributed by atoms with Crippen LogP contribution in [-0.2, 0) is 4.79 Å². The normalized spacial score (nSPS) is 19.7. The van der Waals surface area contributed by atoms with Crippen LogP contribution in [0.2, 0.25) is 0 Å². The number of hydrogen-bond donors (Lipinski definition) is 2. The van der Waals surface area contributed by atoms with Gasteiger partial charge in [-0.25, -0.2) is 5.48 Å². The van der Waals surface area contributed by atoms with E-state index in [-0.39, 0.29) is 5.91 Å². The smallest absolute Gasteiger partial charge is 0.243 e. The second-order valence-corrected chi connectivity index (χ2v) is 4.02. The summed E-state index contributed by atoms with van der Waals surface area (Å²) in [7, 11) is 0. The third-order valence-corrected chi connectivity index (χ3v) is 2.99. The van der Waals surface area contributed by atoms with Crippen LogP contribution < -0.4 is 5.48 Å². The molecule has 1 amide bonds. The first kappa shape index (κ1) is 8.87. The van der Waals surface area contributed by atoms with Crippen LogP contribution in [0.15, 0.2) is 0 Å². The van der Waals surface area contributed by atoms with Gasteiger partial charge in [0.05, 0.1) is 0 Å². The van der Waals surface area contributed by atoms with Crippen molar-refractivity contribution in [2.75, 3.05) is 11.5 Å². The molecule has 0 unspecified atom stereocenters. The molecule has 0 saturated carbocycles. The summed E-state index contributed by atoms with van der Waals surface area (Å²) in [4.78, 5) is 10.7. The number of hydrogen-bond acceptors (Lipinski definition) is 3. The molecule has 1 fully saturated rings. The molecule has 1 rings (SSSR count). The van der Waals surface area contributed by atoms with Gasteiger partial charge in [0.15, 0.2) is 0 Å². The summed E-state index contributed by atoms with van der Waals surface area (Å²) in [6, 6.07) is 0. The molecule has 0 aliphatic carbocycles. The van der Waals surface area contributed by atoms with Crippen molar-refractivity contribution >= 4 is 17.7 Å². The molecule has 1 saturated heterocycles. The molecule has 0 atom stereocenters. The zero-order chi connectivity index (χ0) is 8.10. The van der Waals surface area contributed by atoms with Gasteiger partial charge in [-0.1, -0.05) is 0 Å². The second-order valence-electron chi connectivity index (χ2n) is 2.79. The van der Waals surface area contributed by atoms with Crippen molar-refractivity contribution in [3.63, 3.8) is 0 Å². The van der Waals surface area contributed by atoms with Crippen LogP contribution in [-0.4, -0.2) is 22.6 Å². The van der Waals surface area contributed by atoms with Crippen LogP contribution in [0.4, 0.5) is 0 Å². The highest BCUT2D eigenvalue weighted by Crippen LogP contribution is 2.24. The molecule has 64 valence electrons. The second kappa shape index (κ2) is 4.62. The number of thioether (sulfide) groups is 1. The molecule has 2 N–H and O–H groups in total. The van der Waals surface area contributed by atoms with Gasteiger partial charge in [0.2, 0.25) is 5.91 Å². The van der Waals surface area contributed by atoms with E-state index in [1.54, 1.807) is 5.48 Å². The fourth-order valence-electron chi connectivity index (χ4n) is 1.26. The fraction of sp³-hybridized carbons (Fsp3) is 0.857. The molecule has 0 aromatic heterocycles. The van der Waals surface area contributed by atoms with E-state index in [1.807, 2.05) is 11.8 Å². The summed E-state index contributed by atoms with van der Waals surface area (Å²) in [5.74, 6) is 2.55. The largest absolute Gasteiger partial charge is 0.289 e. The van der Waals surface area contributed by atoms with Gasteiger partial charge in [-0.3, -0.25) is 10.0 Å². The molecular weight excluding hydrogens is 162 g/mol. The van der Waals surface area contributed by atoms with E-state index in [4.69, 9.17) is 5.21 Å². The molecule has 1 aliphatic rings. The quantitative estimate of drug-likeness (QED) is 0.486. The SMILES string of the molecule is O=C(CC1CCSCC1)NO. The number of nitrogens with one attached hydrogen (secondary N) is 1. The van der Waals surface area contributed by atoms with E-state index in [0.29, 0.717) is 12.3 Å². The molecule has 0 spiro atoms. The van der Waals surface area contributed by atoms with Crippen LogP contribution in [0.3, 0.4) is 0 Å². The van der Waals surface area contributed by atoms with Crippen molar-refractivity contribution in [1.82, 2.24) is 5.48 Å². The van der Waals surface area contributed by atoms with E-state index in [0.717, 1.165) is 24.3 Å². The minimum absolute atomic E-state index is 0.248. The van der Waals surface area contributed by atoms with Gasteiger partial charge in [-0.05, 0) is 30.3 Å². The molecule has 0 bridgehead atoms. The summed E-state index contributed by atoms with van der Waals surface area (Å²) < 4.78 is 0. The third-order valence-electron chi connectivity index (χ3n) is 1.94. The minimum Gasteiger partial charge on any atom is -0.289 e. The maximum absolute atomic E-state index is 10.7. The van der Waals surface area contributed by atoms with Crippen molar-refractivity contribution in [2.45, 2.75) is 19.3 Å². The Morgan fingerprint density at radius 1 is 1.55 bits per heavy atom. The molecule has 1 aliphatic heterocycles. The molecule has 0 radical (unpaired) electrons. The average molecular weight is 175 g/mol. The zero-order valence-electron chi connectivity index (χ0n) is 6.38. The van der Waals surface area contributed by atoms with Gasteiger partial charge >= 0.3 is 0 Å². The lowest BCUT2D eigenvalue weighted by Gasteiger charge is -2.19. The predicted octanol–water partition coefficient (Wildman–Crippen LogP) is 1.03. The van der Waals surface area contributed by atoms with Crippen LogP contribution in [0.1, 0.15) is 19.3 Å². The number of hydroxylamine groups is 1. The first-order valence-electron chi connectivity index (χ1n) is 3.83. The number of carbonyl (C=O) groups is 1. The highest BCUT2D eigenvalue weighted by molar-refractivity contribution is 7.99. The Bertz CT molecular complexity index is 134. The standard InChI is InChI=1S/C7H13NO2S/c9-7(8-10)5-6-1-3-11-4-2-6/h6,10H,1-5H2,(H,8,9). The van der Waals surface area contributed by atoms with E-state index in [2.05, 4.69) is 0 Å². The summed E-state index contributed by atoms with van der Waals surface area (Å²) in [6.07, 6.45) is 2.70. The Kier molecular flexibility index (Phi) is 3.72. The van der Waals surface area contributed by atoms with Crippen molar-refractivity contribution < 1.29 is 10.0 Å². The van der Waals surface area contributed by atoms with Gasteiger partial charge in [-0.2, -0.15) is 11.8 Å². The zero-order valence-corrected chi connectivity index (χ0v) is 7.19. The number of rotatable bonds is 2. The van der Waals surface area contributed by atoms with E-state index in [1.165, 1.54) is 0 Å². The van der Waals surface area contributed by atoms with E-state index >= 15 is 0 Å². The van der Waals surface area contributed by atoms with Crippen molar-refractivity contribution in [2.24, 2.45) is 5.92 Å². The first-order valence-corrected chi connectivity index (χ1v) is 4.99. The van der Waals surface area contributed by atoms with Crippen LogP contribution >= 0.6 is 11.8 Å². The Balaban J connectivity index is 2.19. The lowest BCUT2D eigenvalue weighted by Crippen LogP contribution is -2.23. The summed E-state index contributed by atoms with van der Waals surface area (Å²) in [6.45, 7) is 0. The van der Waals surface area contributed by atoms with Crippen LogP contribution in [0, 0.1) is 5.92 Å². The van der Waals surface area contributed by atoms with Gasteiger partial charge in [0.1, 0.15) is 0 Å².